The molecule has 98 valence electrons. The molecule has 0 radical (unpaired) electrons. The van der Waals surface area contributed by atoms with Crippen molar-refractivity contribution < 1.29 is 0 Å². The molecule has 1 fully saturated rings. The molecule has 0 unspecified atom stereocenters. The summed E-state index contributed by atoms with van der Waals surface area (Å²) in [5, 5.41) is 0. The zero-order valence-corrected chi connectivity index (χ0v) is 11.8. The van der Waals surface area contributed by atoms with Crippen LogP contribution in [-0.2, 0) is 0 Å². The number of hydrogen-bond donors (Lipinski definition) is 1. The number of nitrogens with two attached hydrogens (primary N) is 1. The summed E-state index contributed by atoms with van der Waals surface area (Å²) < 4.78 is 0.238. The molecule has 3 rings (SSSR count). The molecule has 1 nitrogen and oxygen atoms in total. The van der Waals surface area contributed by atoms with Crippen molar-refractivity contribution in [3.05, 3.63) is 66.2 Å². The topological polar surface area (TPSA) is 26.0 Å². The van der Waals surface area contributed by atoms with Crippen LogP contribution < -0.4 is 5.73 Å². The summed E-state index contributed by atoms with van der Waals surface area (Å²) in [6.45, 7) is 0.760. The van der Waals surface area contributed by atoms with Crippen molar-refractivity contribution in [3.8, 4) is 0 Å². The first-order chi connectivity index (χ1) is 9.31. The van der Waals surface area contributed by atoms with Gasteiger partial charge in [-0.2, -0.15) is 0 Å². The van der Waals surface area contributed by atoms with Crippen molar-refractivity contribution in [2.24, 2.45) is 5.73 Å². The molecule has 0 atom stereocenters. The second kappa shape index (κ2) is 5.40. The van der Waals surface area contributed by atoms with Gasteiger partial charge in [0, 0.05) is 16.2 Å². The van der Waals surface area contributed by atoms with E-state index in [1.807, 2.05) is 11.8 Å². The zero-order chi connectivity index (χ0) is 13.1. The second-order valence-electron chi connectivity index (χ2n) is 5.32. The van der Waals surface area contributed by atoms with Crippen molar-refractivity contribution >= 4 is 11.8 Å². The normalized spacial score (nSPS) is 25.8. The molecule has 2 aromatic rings. The average Bonchev–Trinajstić information content (AvgIpc) is 2.44. The van der Waals surface area contributed by atoms with E-state index < -0.39 is 0 Å². The maximum Gasteiger partial charge on any atom is 0.0341 e. The quantitative estimate of drug-likeness (QED) is 0.906. The van der Waals surface area contributed by atoms with Crippen LogP contribution in [0.25, 0.3) is 0 Å². The first-order valence-electron chi connectivity index (χ1n) is 6.80. The molecule has 0 spiro atoms. The number of rotatable bonds is 4. The maximum atomic E-state index is 6.04. The van der Waals surface area contributed by atoms with Gasteiger partial charge in [-0.05, 0) is 36.5 Å². The lowest BCUT2D eigenvalue weighted by Gasteiger charge is -2.47. The zero-order valence-electron chi connectivity index (χ0n) is 11.0. The van der Waals surface area contributed by atoms with E-state index in [9.17, 15) is 0 Å². The Labute approximate surface area is 119 Å². The number of thioether (sulfide) groups is 1. The SMILES string of the molecule is NCC1(Sc2ccccc2)CC(c2ccccc2)C1. The van der Waals surface area contributed by atoms with Gasteiger partial charge in [0.15, 0.2) is 0 Å². The first-order valence-corrected chi connectivity index (χ1v) is 7.62. The molecule has 1 aliphatic carbocycles. The minimum atomic E-state index is 0.238. The lowest BCUT2D eigenvalue weighted by Crippen LogP contribution is -2.45. The van der Waals surface area contributed by atoms with Gasteiger partial charge in [0.25, 0.3) is 0 Å². The van der Waals surface area contributed by atoms with E-state index in [1.165, 1.54) is 23.3 Å². The molecular formula is C17H19NS. The Bertz CT molecular complexity index is 517. The Kier molecular flexibility index (Phi) is 3.63. The molecule has 1 saturated carbocycles. The fourth-order valence-electron chi connectivity index (χ4n) is 2.83. The number of hydrogen-bond acceptors (Lipinski definition) is 2. The van der Waals surface area contributed by atoms with E-state index in [0.29, 0.717) is 5.92 Å². The molecule has 0 saturated heterocycles. The van der Waals surface area contributed by atoms with Crippen molar-refractivity contribution in [2.45, 2.75) is 28.4 Å². The summed E-state index contributed by atoms with van der Waals surface area (Å²) in [7, 11) is 0. The Hall–Kier alpha value is -1.25. The van der Waals surface area contributed by atoms with Crippen LogP contribution in [-0.4, -0.2) is 11.3 Å². The van der Waals surface area contributed by atoms with Crippen molar-refractivity contribution in [2.75, 3.05) is 6.54 Å². The minimum Gasteiger partial charge on any atom is -0.329 e. The molecule has 2 N–H and O–H groups in total. The van der Waals surface area contributed by atoms with Crippen LogP contribution in [0.15, 0.2) is 65.6 Å². The lowest BCUT2D eigenvalue weighted by molar-refractivity contribution is 0.313. The van der Waals surface area contributed by atoms with Crippen LogP contribution in [0.1, 0.15) is 24.3 Å². The summed E-state index contributed by atoms with van der Waals surface area (Å²) in [5.41, 5.74) is 7.49. The van der Waals surface area contributed by atoms with Gasteiger partial charge in [-0.15, -0.1) is 11.8 Å². The van der Waals surface area contributed by atoms with Gasteiger partial charge >= 0.3 is 0 Å². The van der Waals surface area contributed by atoms with E-state index in [1.54, 1.807) is 0 Å². The lowest BCUT2D eigenvalue weighted by atomic mass is 9.70. The third-order valence-corrected chi connectivity index (χ3v) is 5.40. The molecule has 0 heterocycles. The Balaban J connectivity index is 1.68. The molecule has 0 aliphatic heterocycles. The number of benzene rings is 2. The predicted octanol–water partition coefficient (Wildman–Crippen LogP) is 4.05. The van der Waals surface area contributed by atoms with Gasteiger partial charge in [-0.3, -0.25) is 0 Å². The Morgan fingerprint density at radius 1 is 0.947 bits per heavy atom. The predicted molar refractivity (Wildman–Crippen MR) is 82.5 cm³/mol. The largest absolute Gasteiger partial charge is 0.329 e. The summed E-state index contributed by atoms with van der Waals surface area (Å²) >= 11 is 1.95. The van der Waals surface area contributed by atoms with Gasteiger partial charge in [0.1, 0.15) is 0 Å². The molecule has 0 bridgehead atoms. The smallest absolute Gasteiger partial charge is 0.0341 e. The summed E-state index contributed by atoms with van der Waals surface area (Å²) in [6, 6.07) is 21.4. The first kappa shape index (κ1) is 12.8. The third kappa shape index (κ3) is 2.70. The van der Waals surface area contributed by atoms with E-state index >= 15 is 0 Å². The second-order valence-corrected chi connectivity index (χ2v) is 6.86. The van der Waals surface area contributed by atoms with Crippen molar-refractivity contribution in [1.29, 1.82) is 0 Å². The highest BCUT2D eigenvalue weighted by Crippen LogP contribution is 2.54. The van der Waals surface area contributed by atoms with Crippen LogP contribution in [0.2, 0.25) is 0 Å². The van der Waals surface area contributed by atoms with Crippen molar-refractivity contribution in [3.63, 3.8) is 0 Å². The van der Waals surface area contributed by atoms with E-state index in [2.05, 4.69) is 60.7 Å². The minimum absolute atomic E-state index is 0.238. The maximum absolute atomic E-state index is 6.04. The molecule has 1 aliphatic rings. The molecule has 2 heteroatoms. The van der Waals surface area contributed by atoms with Crippen molar-refractivity contribution in [1.82, 2.24) is 0 Å². The molecule has 19 heavy (non-hydrogen) atoms. The molecular weight excluding hydrogens is 250 g/mol. The standard InChI is InChI=1S/C17H19NS/c18-13-17(19-16-9-5-2-6-10-16)11-15(12-17)14-7-3-1-4-8-14/h1-10,15H,11-13,18H2. The molecule has 0 aromatic heterocycles. The van der Waals surface area contributed by atoms with Crippen LogP contribution in [0.5, 0.6) is 0 Å². The highest BCUT2D eigenvalue weighted by Gasteiger charge is 2.44. The van der Waals surface area contributed by atoms with Crippen LogP contribution in [0, 0.1) is 0 Å². The fourth-order valence-corrected chi connectivity index (χ4v) is 4.28. The van der Waals surface area contributed by atoms with Crippen LogP contribution in [0.4, 0.5) is 0 Å². The summed E-state index contributed by atoms with van der Waals surface area (Å²) in [6.07, 6.45) is 2.38. The van der Waals surface area contributed by atoms with Crippen LogP contribution in [0.3, 0.4) is 0 Å². The monoisotopic (exact) mass is 269 g/mol. The third-order valence-electron chi connectivity index (χ3n) is 3.96. The van der Waals surface area contributed by atoms with E-state index in [-0.39, 0.29) is 4.75 Å². The van der Waals surface area contributed by atoms with E-state index in [4.69, 9.17) is 5.73 Å². The van der Waals surface area contributed by atoms with Gasteiger partial charge in [0.2, 0.25) is 0 Å². The van der Waals surface area contributed by atoms with Crippen LogP contribution >= 0.6 is 11.8 Å². The Morgan fingerprint density at radius 2 is 1.53 bits per heavy atom. The average molecular weight is 269 g/mol. The van der Waals surface area contributed by atoms with Gasteiger partial charge in [-0.1, -0.05) is 48.5 Å². The molecule has 0 amide bonds. The molecule has 2 aromatic carbocycles. The Morgan fingerprint density at radius 3 is 2.11 bits per heavy atom. The summed E-state index contributed by atoms with van der Waals surface area (Å²) in [5.74, 6) is 0.681. The summed E-state index contributed by atoms with van der Waals surface area (Å²) in [4.78, 5) is 1.33. The van der Waals surface area contributed by atoms with Gasteiger partial charge < -0.3 is 5.73 Å². The van der Waals surface area contributed by atoms with E-state index in [0.717, 1.165) is 6.54 Å². The highest BCUT2D eigenvalue weighted by molar-refractivity contribution is 8.00. The highest BCUT2D eigenvalue weighted by atomic mass is 32.2. The fraction of sp³-hybridized carbons (Fsp3) is 0.294. The van der Waals surface area contributed by atoms with Gasteiger partial charge in [0.05, 0.1) is 0 Å². The van der Waals surface area contributed by atoms with Gasteiger partial charge in [-0.25, -0.2) is 0 Å².